The van der Waals surface area contributed by atoms with Crippen LogP contribution in [-0.4, -0.2) is 55.7 Å². The Kier molecular flexibility index (Phi) is 19.9. The van der Waals surface area contributed by atoms with Gasteiger partial charge in [-0.25, -0.2) is 9.59 Å². The van der Waals surface area contributed by atoms with Crippen molar-refractivity contribution in [1.82, 2.24) is 0 Å². The lowest BCUT2D eigenvalue weighted by Crippen LogP contribution is -2.07. The minimum Gasteiger partial charge on any atom is -0.466 e. The van der Waals surface area contributed by atoms with Crippen LogP contribution in [0.1, 0.15) is 48.0 Å². The molecule has 0 atom stereocenters. The predicted octanol–water partition coefficient (Wildman–Crippen LogP) is 6.74. The number of aliphatic hydroxyl groups excluding tert-OH is 1. The Balaban J connectivity index is 0.000000460. The third-order valence-corrected chi connectivity index (χ3v) is 6.52. The molecule has 0 spiro atoms. The number of benzene rings is 4. The van der Waals surface area contributed by atoms with Crippen molar-refractivity contribution < 1.29 is 38.5 Å². The molecule has 0 aliphatic carbocycles. The number of hydrogen-bond donors (Lipinski definition) is 5. The van der Waals surface area contributed by atoms with Crippen molar-refractivity contribution in [1.29, 1.82) is 0 Å². The van der Waals surface area contributed by atoms with Gasteiger partial charge in [-0.3, -0.25) is 9.59 Å². The SMILES string of the molecule is CCOC(=O)/C=C(\C)Nc1cccc2c(N/C(C)=C/C(=O)OCC)cccc12.CCOC(=O)CC(C)=O.CO.Nc1cccc2c(N)cccc12. The summed E-state index contributed by atoms with van der Waals surface area (Å²) in [5, 5.41) is 17.5. The Morgan fingerprint density at radius 3 is 1.29 bits per heavy atom. The summed E-state index contributed by atoms with van der Waals surface area (Å²) >= 11 is 0. The molecule has 4 aromatic rings. The summed E-state index contributed by atoms with van der Waals surface area (Å²) in [4.78, 5) is 43.9. The second-order valence-corrected chi connectivity index (χ2v) is 10.6. The van der Waals surface area contributed by atoms with E-state index in [0.29, 0.717) is 31.2 Å². The molecule has 0 aliphatic rings. The van der Waals surface area contributed by atoms with E-state index in [4.69, 9.17) is 26.0 Å². The molecule has 0 radical (unpaired) electrons. The quantitative estimate of drug-likeness (QED) is 0.0364. The van der Waals surface area contributed by atoms with Crippen molar-refractivity contribution in [3.05, 3.63) is 96.3 Å². The molecule has 0 aromatic heterocycles. The van der Waals surface area contributed by atoms with Gasteiger partial charge < -0.3 is 41.4 Å². The number of nitrogens with two attached hydrogens (primary N) is 2. The molecule has 0 aliphatic heterocycles. The molecule has 0 saturated heterocycles. The summed E-state index contributed by atoms with van der Waals surface area (Å²) in [5.74, 6) is -1.36. The number of aliphatic hydroxyl groups is 1. The third-order valence-electron chi connectivity index (χ3n) is 6.52. The number of ether oxygens (including phenoxy) is 3. The fourth-order valence-corrected chi connectivity index (χ4v) is 4.52. The van der Waals surface area contributed by atoms with E-state index < -0.39 is 5.97 Å². The van der Waals surface area contributed by atoms with Gasteiger partial charge in [0.25, 0.3) is 0 Å². The van der Waals surface area contributed by atoms with Gasteiger partial charge in [-0.2, -0.15) is 0 Å². The van der Waals surface area contributed by atoms with E-state index >= 15 is 0 Å². The maximum absolute atomic E-state index is 11.6. The Labute approximate surface area is 299 Å². The lowest BCUT2D eigenvalue weighted by atomic mass is 10.1. The van der Waals surface area contributed by atoms with Crippen LogP contribution < -0.4 is 22.1 Å². The maximum atomic E-state index is 11.6. The average molecular weight is 703 g/mol. The van der Waals surface area contributed by atoms with Gasteiger partial charge in [-0.15, -0.1) is 0 Å². The van der Waals surface area contributed by atoms with E-state index in [1.165, 1.54) is 19.1 Å². The second-order valence-electron chi connectivity index (χ2n) is 10.6. The zero-order chi connectivity index (χ0) is 38.3. The maximum Gasteiger partial charge on any atom is 0.332 e. The van der Waals surface area contributed by atoms with Gasteiger partial charge in [0.1, 0.15) is 12.2 Å². The Hall–Kier alpha value is -5.88. The van der Waals surface area contributed by atoms with Crippen molar-refractivity contribution in [3.63, 3.8) is 0 Å². The summed E-state index contributed by atoms with van der Waals surface area (Å²) in [7, 11) is 1.00. The van der Waals surface area contributed by atoms with Crippen LogP contribution in [0.25, 0.3) is 21.5 Å². The van der Waals surface area contributed by atoms with Crippen LogP contribution in [-0.2, 0) is 33.4 Å². The Morgan fingerprint density at radius 2 is 0.941 bits per heavy atom. The summed E-state index contributed by atoms with van der Waals surface area (Å²) in [6.45, 7) is 11.2. The molecule has 0 fully saturated rings. The lowest BCUT2D eigenvalue weighted by molar-refractivity contribution is -0.145. The number of nitrogens with one attached hydrogen (secondary N) is 2. The highest BCUT2D eigenvalue weighted by Gasteiger charge is 2.08. The molecular formula is C39H50N4O8. The van der Waals surface area contributed by atoms with Crippen LogP contribution >= 0.6 is 0 Å². The minimum atomic E-state index is -0.440. The van der Waals surface area contributed by atoms with Crippen LogP contribution in [0.5, 0.6) is 0 Å². The first-order valence-corrected chi connectivity index (χ1v) is 16.3. The highest BCUT2D eigenvalue weighted by Crippen LogP contribution is 2.31. The van der Waals surface area contributed by atoms with E-state index in [9.17, 15) is 19.2 Å². The Bertz CT molecular complexity index is 1700. The Morgan fingerprint density at radius 1 is 0.588 bits per heavy atom. The van der Waals surface area contributed by atoms with E-state index in [0.717, 1.165) is 51.4 Å². The van der Waals surface area contributed by atoms with E-state index in [-0.39, 0.29) is 24.1 Å². The van der Waals surface area contributed by atoms with Gasteiger partial charge in [0.05, 0.1) is 19.8 Å². The monoisotopic (exact) mass is 702 g/mol. The highest BCUT2D eigenvalue weighted by molar-refractivity contribution is 6.02. The van der Waals surface area contributed by atoms with Gasteiger partial charge in [0.15, 0.2) is 0 Å². The molecule has 51 heavy (non-hydrogen) atoms. The summed E-state index contributed by atoms with van der Waals surface area (Å²) in [6.07, 6.45) is 2.75. The van der Waals surface area contributed by atoms with Crippen LogP contribution in [0.3, 0.4) is 0 Å². The first-order valence-electron chi connectivity index (χ1n) is 16.3. The number of ketones is 1. The number of carbonyl (C=O) groups is 4. The first kappa shape index (κ1) is 43.1. The van der Waals surface area contributed by atoms with Crippen LogP contribution in [0.4, 0.5) is 22.7 Å². The van der Waals surface area contributed by atoms with E-state index in [1.54, 1.807) is 20.8 Å². The molecule has 7 N–H and O–H groups in total. The normalized spacial score (nSPS) is 10.6. The van der Waals surface area contributed by atoms with Gasteiger partial charge >= 0.3 is 17.9 Å². The van der Waals surface area contributed by atoms with Crippen molar-refractivity contribution in [2.75, 3.05) is 49.0 Å². The molecule has 0 bridgehead atoms. The van der Waals surface area contributed by atoms with Crippen LogP contribution in [0.2, 0.25) is 0 Å². The fourth-order valence-electron chi connectivity index (χ4n) is 4.52. The molecule has 0 unspecified atom stereocenters. The largest absolute Gasteiger partial charge is 0.466 e. The number of Topliss-reactive ketones (excluding diaryl/α,β-unsaturated/α-hetero) is 1. The number of fused-ring (bicyclic) bond motifs is 2. The molecule has 0 saturated carbocycles. The van der Waals surface area contributed by atoms with Gasteiger partial charge in [-0.1, -0.05) is 48.5 Å². The molecule has 0 heterocycles. The number of hydrogen-bond acceptors (Lipinski definition) is 12. The van der Waals surface area contributed by atoms with Crippen molar-refractivity contribution in [2.24, 2.45) is 0 Å². The molecular weight excluding hydrogens is 652 g/mol. The molecule has 12 heteroatoms. The third kappa shape index (κ3) is 15.5. The zero-order valence-electron chi connectivity index (χ0n) is 30.4. The minimum absolute atomic E-state index is 0.103. The summed E-state index contributed by atoms with van der Waals surface area (Å²) < 4.78 is 14.4. The number of esters is 3. The van der Waals surface area contributed by atoms with Crippen molar-refractivity contribution in [2.45, 2.75) is 48.0 Å². The molecule has 4 aromatic carbocycles. The standard InChI is InChI=1S/C22H26N2O4.C10H10N2.C6H10O3.CH4O/c1-5-27-21(25)13-15(3)23-19-11-7-10-18-17(19)9-8-12-20(18)24-16(4)14-22(26)28-6-2;11-9-5-1-3-7-8(9)4-2-6-10(7)12;1-3-9-6(8)4-5(2)7;1-2/h7-14,23-24H,5-6H2,1-4H3;1-6H,11-12H2;3-4H2,1-2H3;2H,1H3/b15-13+,16-14+;;;. The van der Waals surface area contributed by atoms with Gasteiger partial charge in [-0.05, 0) is 65.8 Å². The second kappa shape index (κ2) is 23.5. The number of anilines is 4. The van der Waals surface area contributed by atoms with Crippen molar-refractivity contribution in [3.8, 4) is 0 Å². The average Bonchev–Trinajstić information content (AvgIpc) is 3.07. The number of rotatable bonds is 11. The lowest BCUT2D eigenvalue weighted by Gasteiger charge is -2.14. The number of allylic oxidation sites excluding steroid dienone is 2. The predicted molar refractivity (Wildman–Crippen MR) is 205 cm³/mol. The first-order chi connectivity index (χ1) is 24.4. The molecule has 4 rings (SSSR count). The smallest absolute Gasteiger partial charge is 0.332 e. The van der Waals surface area contributed by atoms with E-state index in [2.05, 4.69) is 15.4 Å². The van der Waals surface area contributed by atoms with Crippen molar-refractivity contribution >= 4 is 68.0 Å². The van der Waals surface area contributed by atoms with Crippen LogP contribution in [0, 0.1) is 0 Å². The fraction of sp³-hybridized carbons (Fsp3) is 0.282. The van der Waals surface area contributed by atoms with E-state index in [1.807, 2.05) is 86.6 Å². The van der Waals surface area contributed by atoms with Crippen LogP contribution in [0.15, 0.2) is 96.3 Å². The van der Waals surface area contributed by atoms with Gasteiger partial charge in [0, 0.05) is 75.0 Å². The summed E-state index contributed by atoms with van der Waals surface area (Å²) in [6, 6.07) is 23.2. The zero-order valence-corrected chi connectivity index (χ0v) is 30.4. The molecule has 274 valence electrons. The highest BCUT2D eigenvalue weighted by atomic mass is 16.5. The number of carbonyl (C=O) groups excluding carboxylic acids is 4. The number of nitrogen functional groups attached to an aromatic ring is 2. The topological polar surface area (TPSA) is 192 Å². The summed E-state index contributed by atoms with van der Waals surface area (Å²) in [5.41, 5.74) is 16.2. The van der Waals surface area contributed by atoms with Gasteiger partial charge in [0.2, 0.25) is 0 Å². The molecule has 0 amide bonds. The molecule has 12 nitrogen and oxygen atoms in total.